The molecule has 0 aliphatic carbocycles. The number of benzene rings is 1. The Labute approximate surface area is 125 Å². The van der Waals surface area contributed by atoms with E-state index in [1.807, 2.05) is 37.3 Å². The highest BCUT2D eigenvalue weighted by atomic mass is 16.3. The number of hydrogen-bond acceptors (Lipinski definition) is 2. The van der Waals surface area contributed by atoms with Crippen LogP contribution in [0.15, 0.2) is 30.3 Å². The van der Waals surface area contributed by atoms with Crippen LogP contribution in [0.25, 0.3) is 11.1 Å². The van der Waals surface area contributed by atoms with Gasteiger partial charge in [-0.1, -0.05) is 37.3 Å². The molecule has 0 aliphatic heterocycles. The van der Waals surface area contributed by atoms with E-state index < -0.39 is 5.91 Å². The summed E-state index contributed by atoms with van der Waals surface area (Å²) < 4.78 is 2.11. The smallest absolute Gasteiger partial charge is 0.251 e. The maximum absolute atomic E-state index is 11.9. The molecule has 1 aromatic carbocycles. The first-order valence-electron chi connectivity index (χ1n) is 7.29. The van der Waals surface area contributed by atoms with E-state index in [1.54, 1.807) is 0 Å². The predicted octanol–water partition coefficient (Wildman–Crippen LogP) is 2.51. The van der Waals surface area contributed by atoms with E-state index >= 15 is 0 Å². The van der Waals surface area contributed by atoms with Crippen LogP contribution in [0.1, 0.15) is 35.1 Å². The summed E-state index contributed by atoms with van der Waals surface area (Å²) in [5.41, 5.74) is 10.1. The zero-order valence-corrected chi connectivity index (χ0v) is 12.6. The highest BCUT2D eigenvalue weighted by Gasteiger charge is 2.23. The number of aliphatic hydroxyl groups excluding tert-OH is 1. The van der Waals surface area contributed by atoms with Crippen molar-refractivity contribution in [3.8, 4) is 11.1 Å². The van der Waals surface area contributed by atoms with E-state index in [1.165, 1.54) is 0 Å². The van der Waals surface area contributed by atoms with Gasteiger partial charge in [0.1, 0.15) is 0 Å². The third-order valence-corrected chi connectivity index (χ3v) is 3.81. The van der Waals surface area contributed by atoms with Gasteiger partial charge in [0, 0.05) is 30.1 Å². The summed E-state index contributed by atoms with van der Waals surface area (Å²) in [4.78, 5) is 11.9. The Morgan fingerprint density at radius 3 is 2.48 bits per heavy atom. The van der Waals surface area contributed by atoms with Gasteiger partial charge in [-0.3, -0.25) is 4.79 Å². The van der Waals surface area contributed by atoms with Crippen molar-refractivity contribution in [1.82, 2.24) is 4.57 Å². The van der Waals surface area contributed by atoms with Gasteiger partial charge >= 0.3 is 0 Å². The summed E-state index contributed by atoms with van der Waals surface area (Å²) >= 11 is 0. The average molecular weight is 286 g/mol. The minimum atomic E-state index is -0.399. The summed E-state index contributed by atoms with van der Waals surface area (Å²) in [6.45, 7) is 4.82. The number of rotatable bonds is 6. The molecule has 0 unspecified atom stereocenters. The van der Waals surface area contributed by atoms with Crippen LogP contribution in [0.4, 0.5) is 0 Å². The lowest BCUT2D eigenvalue weighted by Gasteiger charge is -2.11. The third kappa shape index (κ3) is 2.85. The first kappa shape index (κ1) is 15.3. The van der Waals surface area contributed by atoms with Crippen molar-refractivity contribution in [2.45, 2.75) is 33.2 Å². The molecule has 3 N–H and O–H groups in total. The van der Waals surface area contributed by atoms with Gasteiger partial charge in [0.15, 0.2) is 0 Å². The lowest BCUT2D eigenvalue weighted by molar-refractivity contribution is 0.1000. The molecule has 21 heavy (non-hydrogen) atoms. The van der Waals surface area contributed by atoms with E-state index in [-0.39, 0.29) is 6.61 Å². The van der Waals surface area contributed by atoms with Crippen molar-refractivity contribution in [2.75, 3.05) is 6.61 Å². The fraction of sp³-hybridized carbons (Fsp3) is 0.353. The molecule has 1 heterocycles. The molecular weight excluding hydrogens is 264 g/mol. The minimum Gasteiger partial charge on any atom is -0.396 e. The molecule has 112 valence electrons. The van der Waals surface area contributed by atoms with Crippen LogP contribution in [0, 0.1) is 6.92 Å². The molecule has 0 bridgehead atoms. The molecule has 0 spiro atoms. The summed E-state index contributed by atoms with van der Waals surface area (Å²) in [5, 5.41) is 9.08. The summed E-state index contributed by atoms with van der Waals surface area (Å²) in [6.07, 6.45) is 1.47. The Morgan fingerprint density at radius 2 is 1.95 bits per heavy atom. The number of amides is 1. The normalized spacial score (nSPS) is 10.8. The topological polar surface area (TPSA) is 68.2 Å². The standard InChI is InChI=1S/C17H22N2O2/c1-3-14-16(13-8-5-4-6-9-13)15(17(18)21)12(2)19(14)10-7-11-20/h4-6,8-9,20H,3,7,10-11H2,1-2H3,(H2,18,21). The number of hydrogen-bond donors (Lipinski definition) is 2. The van der Waals surface area contributed by atoms with E-state index in [4.69, 9.17) is 10.8 Å². The second-order valence-electron chi connectivity index (χ2n) is 5.09. The van der Waals surface area contributed by atoms with Crippen LogP contribution in [0.3, 0.4) is 0 Å². The molecule has 1 amide bonds. The maximum atomic E-state index is 11.9. The molecule has 0 saturated heterocycles. The highest BCUT2D eigenvalue weighted by Crippen LogP contribution is 2.33. The van der Waals surface area contributed by atoms with Crippen LogP contribution in [-0.4, -0.2) is 22.2 Å². The quantitative estimate of drug-likeness (QED) is 0.856. The lowest BCUT2D eigenvalue weighted by atomic mass is 9.99. The predicted molar refractivity (Wildman–Crippen MR) is 84.2 cm³/mol. The Balaban J connectivity index is 2.69. The number of primary amides is 1. The van der Waals surface area contributed by atoms with E-state index in [0.29, 0.717) is 18.5 Å². The van der Waals surface area contributed by atoms with Crippen LogP contribution in [-0.2, 0) is 13.0 Å². The molecule has 0 saturated carbocycles. The number of aromatic nitrogens is 1. The summed E-state index contributed by atoms with van der Waals surface area (Å²) in [7, 11) is 0. The van der Waals surface area contributed by atoms with Gasteiger partial charge in [0.2, 0.25) is 0 Å². The molecule has 2 rings (SSSR count). The third-order valence-electron chi connectivity index (χ3n) is 3.81. The summed E-state index contributed by atoms with van der Waals surface area (Å²) in [6, 6.07) is 9.86. The summed E-state index contributed by atoms with van der Waals surface area (Å²) in [5.74, 6) is -0.399. The molecule has 0 radical (unpaired) electrons. The van der Waals surface area contributed by atoms with Crippen LogP contribution < -0.4 is 5.73 Å². The largest absolute Gasteiger partial charge is 0.396 e. The molecule has 4 nitrogen and oxygen atoms in total. The lowest BCUT2D eigenvalue weighted by Crippen LogP contribution is -2.13. The number of carbonyl (C=O) groups excluding carboxylic acids is 1. The SMILES string of the molecule is CCc1c(-c2ccccc2)c(C(N)=O)c(C)n1CCCO. The molecule has 0 aliphatic rings. The molecule has 0 atom stereocenters. The van der Waals surface area contributed by atoms with Gasteiger partial charge < -0.3 is 15.4 Å². The van der Waals surface area contributed by atoms with Crippen LogP contribution >= 0.6 is 0 Å². The number of carbonyl (C=O) groups is 1. The molecular formula is C17H22N2O2. The molecule has 0 fully saturated rings. The molecule has 1 aromatic heterocycles. The van der Waals surface area contributed by atoms with Gasteiger partial charge in [0.05, 0.1) is 5.56 Å². The number of nitrogens with zero attached hydrogens (tertiary/aromatic N) is 1. The second kappa shape index (κ2) is 6.59. The van der Waals surface area contributed by atoms with Crippen LogP contribution in [0.5, 0.6) is 0 Å². The van der Waals surface area contributed by atoms with Crippen LogP contribution in [0.2, 0.25) is 0 Å². The molecule has 2 aromatic rings. The second-order valence-corrected chi connectivity index (χ2v) is 5.09. The van der Waals surface area contributed by atoms with Gasteiger partial charge in [-0.15, -0.1) is 0 Å². The Morgan fingerprint density at radius 1 is 1.29 bits per heavy atom. The van der Waals surface area contributed by atoms with E-state index in [2.05, 4.69) is 11.5 Å². The monoisotopic (exact) mass is 286 g/mol. The highest BCUT2D eigenvalue weighted by molar-refractivity contribution is 6.02. The zero-order chi connectivity index (χ0) is 15.4. The van der Waals surface area contributed by atoms with E-state index in [9.17, 15) is 4.79 Å². The fourth-order valence-electron chi connectivity index (χ4n) is 2.91. The first-order valence-corrected chi connectivity index (χ1v) is 7.29. The Hall–Kier alpha value is -2.07. The van der Waals surface area contributed by atoms with Gasteiger partial charge in [-0.05, 0) is 25.3 Å². The Kier molecular flexibility index (Phi) is 4.81. The van der Waals surface area contributed by atoms with Crippen molar-refractivity contribution < 1.29 is 9.90 Å². The van der Waals surface area contributed by atoms with Crippen molar-refractivity contribution in [3.63, 3.8) is 0 Å². The van der Waals surface area contributed by atoms with Gasteiger partial charge in [-0.2, -0.15) is 0 Å². The van der Waals surface area contributed by atoms with Crippen molar-refractivity contribution in [2.24, 2.45) is 5.73 Å². The zero-order valence-electron chi connectivity index (χ0n) is 12.6. The molecule has 4 heteroatoms. The number of nitrogens with two attached hydrogens (primary N) is 1. The van der Waals surface area contributed by atoms with Gasteiger partial charge in [-0.25, -0.2) is 0 Å². The van der Waals surface area contributed by atoms with Crippen molar-refractivity contribution in [1.29, 1.82) is 0 Å². The first-order chi connectivity index (χ1) is 10.1. The van der Waals surface area contributed by atoms with Crippen molar-refractivity contribution >= 4 is 5.91 Å². The average Bonchev–Trinajstić information content (AvgIpc) is 2.78. The van der Waals surface area contributed by atoms with Crippen molar-refractivity contribution in [3.05, 3.63) is 47.3 Å². The van der Waals surface area contributed by atoms with E-state index in [0.717, 1.165) is 28.9 Å². The maximum Gasteiger partial charge on any atom is 0.251 e. The fourth-order valence-corrected chi connectivity index (χ4v) is 2.91. The minimum absolute atomic E-state index is 0.132. The van der Waals surface area contributed by atoms with Gasteiger partial charge in [0.25, 0.3) is 5.91 Å². The number of aliphatic hydroxyl groups is 1. The Bertz CT molecular complexity index is 630.